The summed E-state index contributed by atoms with van der Waals surface area (Å²) in [4.78, 5) is 0. The molecule has 2 N–H and O–H groups in total. The van der Waals surface area contributed by atoms with Gasteiger partial charge in [0.1, 0.15) is 0 Å². The van der Waals surface area contributed by atoms with Crippen LogP contribution in [0.5, 0.6) is 0 Å². The summed E-state index contributed by atoms with van der Waals surface area (Å²) in [6, 6.07) is 0. The predicted octanol–water partition coefficient (Wildman–Crippen LogP) is 4.00. The summed E-state index contributed by atoms with van der Waals surface area (Å²) >= 11 is 0. The summed E-state index contributed by atoms with van der Waals surface area (Å²) in [5.74, 6) is 3.86. The molecule has 0 spiro atoms. The molecule has 4 saturated carbocycles. The van der Waals surface area contributed by atoms with E-state index in [9.17, 15) is 10.2 Å². The summed E-state index contributed by atoms with van der Waals surface area (Å²) in [6.07, 6.45) is 9.28. The SMILES string of the molecule is C[C@H]1C[C@@H]2[C@H](CC[C@]3(C)[C@@H](O)CC[C@@H]23)[C@@]2(C)CC[C@H](O)C[C@H]12. The summed E-state index contributed by atoms with van der Waals surface area (Å²) in [7, 11) is 0. The molecule has 4 fully saturated rings. The molecule has 4 aliphatic carbocycles. The summed E-state index contributed by atoms with van der Waals surface area (Å²) in [5, 5.41) is 20.7. The van der Waals surface area contributed by atoms with Gasteiger partial charge in [0.05, 0.1) is 12.2 Å². The first-order valence-electron chi connectivity index (χ1n) is 9.72. The number of hydrogen-bond donors (Lipinski definition) is 2. The fourth-order valence-corrected chi connectivity index (χ4v) is 7.69. The van der Waals surface area contributed by atoms with Crippen molar-refractivity contribution < 1.29 is 10.2 Å². The lowest BCUT2D eigenvalue weighted by molar-refractivity contribution is -0.152. The second-order valence-corrected chi connectivity index (χ2v) is 9.77. The first kappa shape index (κ1) is 15.4. The van der Waals surface area contributed by atoms with Gasteiger partial charge in [0.2, 0.25) is 0 Å². The van der Waals surface area contributed by atoms with E-state index in [1.54, 1.807) is 0 Å². The molecule has 0 heterocycles. The van der Waals surface area contributed by atoms with E-state index >= 15 is 0 Å². The minimum absolute atomic E-state index is 0.0563. The van der Waals surface area contributed by atoms with Gasteiger partial charge < -0.3 is 10.2 Å². The van der Waals surface area contributed by atoms with Gasteiger partial charge in [-0.3, -0.25) is 0 Å². The van der Waals surface area contributed by atoms with Gasteiger partial charge in [-0.15, -0.1) is 0 Å². The molecule has 9 atom stereocenters. The Labute approximate surface area is 135 Å². The number of aliphatic hydroxyl groups excluding tert-OH is 2. The van der Waals surface area contributed by atoms with E-state index in [0.717, 1.165) is 42.9 Å². The Bertz CT molecular complexity index is 449. The topological polar surface area (TPSA) is 40.5 Å². The van der Waals surface area contributed by atoms with Crippen molar-refractivity contribution in [3.8, 4) is 0 Å². The molecular formula is C20H34O2. The second kappa shape index (κ2) is 4.96. The van der Waals surface area contributed by atoms with Crippen LogP contribution >= 0.6 is 0 Å². The van der Waals surface area contributed by atoms with Crippen LogP contribution in [-0.4, -0.2) is 22.4 Å². The largest absolute Gasteiger partial charge is 0.393 e. The van der Waals surface area contributed by atoms with Crippen molar-refractivity contribution in [3.05, 3.63) is 0 Å². The van der Waals surface area contributed by atoms with E-state index in [1.807, 2.05) is 0 Å². The third kappa shape index (κ3) is 1.92. The molecule has 0 radical (unpaired) electrons. The van der Waals surface area contributed by atoms with Gasteiger partial charge in [-0.25, -0.2) is 0 Å². The van der Waals surface area contributed by atoms with Crippen molar-refractivity contribution in [3.63, 3.8) is 0 Å². The monoisotopic (exact) mass is 306 g/mol. The first-order valence-corrected chi connectivity index (χ1v) is 9.72. The highest BCUT2D eigenvalue weighted by Crippen LogP contribution is 2.67. The van der Waals surface area contributed by atoms with Crippen LogP contribution in [0.15, 0.2) is 0 Å². The van der Waals surface area contributed by atoms with Crippen LogP contribution in [0.2, 0.25) is 0 Å². The summed E-state index contributed by atoms with van der Waals surface area (Å²) in [5.41, 5.74) is 0.634. The summed E-state index contributed by atoms with van der Waals surface area (Å²) in [6.45, 7) is 7.36. The van der Waals surface area contributed by atoms with Crippen molar-refractivity contribution >= 4 is 0 Å². The molecular weight excluding hydrogens is 272 g/mol. The number of rotatable bonds is 0. The van der Waals surface area contributed by atoms with Crippen molar-refractivity contribution in [2.45, 2.75) is 84.3 Å². The van der Waals surface area contributed by atoms with Gasteiger partial charge in [-0.2, -0.15) is 0 Å². The van der Waals surface area contributed by atoms with Gasteiger partial charge in [-0.05, 0) is 91.8 Å². The maximum absolute atomic E-state index is 10.5. The Morgan fingerprint density at radius 2 is 1.45 bits per heavy atom. The molecule has 2 heteroatoms. The molecule has 22 heavy (non-hydrogen) atoms. The van der Waals surface area contributed by atoms with E-state index in [0.29, 0.717) is 11.3 Å². The van der Waals surface area contributed by atoms with Gasteiger partial charge in [0.15, 0.2) is 0 Å². The molecule has 0 amide bonds. The van der Waals surface area contributed by atoms with E-state index in [1.165, 1.54) is 32.1 Å². The van der Waals surface area contributed by atoms with E-state index in [4.69, 9.17) is 0 Å². The Kier molecular flexibility index (Phi) is 3.48. The molecule has 4 rings (SSSR count). The molecule has 0 bridgehead atoms. The van der Waals surface area contributed by atoms with E-state index in [-0.39, 0.29) is 17.6 Å². The van der Waals surface area contributed by atoms with Crippen LogP contribution in [0.4, 0.5) is 0 Å². The van der Waals surface area contributed by atoms with Gasteiger partial charge in [0.25, 0.3) is 0 Å². The van der Waals surface area contributed by atoms with E-state index in [2.05, 4.69) is 20.8 Å². The van der Waals surface area contributed by atoms with Gasteiger partial charge in [0, 0.05) is 0 Å². The maximum Gasteiger partial charge on any atom is 0.0596 e. The molecule has 0 aromatic carbocycles. The highest BCUT2D eigenvalue weighted by atomic mass is 16.3. The molecule has 0 saturated heterocycles. The van der Waals surface area contributed by atoms with Crippen molar-refractivity contribution in [2.75, 3.05) is 0 Å². The van der Waals surface area contributed by atoms with Crippen LogP contribution in [0.25, 0.3) is 0 Å². The molecule has 4 aliphatic rings. The zero-order valence-electron chi connectivity index (χ0n) is 14.6. The number of hydrogen-bond acceptors (Lipinski definition) is 2. The lowest BCUT2D eigenvalue weighted by atomic mass is 9.43. The fraction of sp³-hybridized carbons (Fsp3) is 1.00. The Morgan fingerprint density at radius 3 is 2.23 bits per heavy atom. The zero-order chi connectivity index (χ0) is 15.7. The lowest BCUT2D eigenvalue weighted by Gasteiger charge is -2.62. The second-order valence-electron chi connectivity index (χ2n) is 9.77. The standard InChI is InChI=1S/C20H34O2/c1-12-10-14-15-4-5-18(22)20(15,3)9-7-16(14)19(2)8-6-13(21)11-17(12)19/h12-18,21-22H,4-11H2,1-3H3/t12-,13-,14-,15-,16-,17+,18-,19+,20-/m0/s1. The minimum Gasteiger partial charge on any atom is -0.393 e. The zero-order valence-corrected chi connectivity index (χ0v) is 14.6. The maximum atomic E-state index is 10.5. The molecule has 2 nitrogen and oxygen atoms in total. The van der Waals surface area contributed by atoms with Crippen LogP contribution in [0, 0.1) is 40.4 Å². The van der Waals surface area contributed by atoms with Crippen LogP contribution in [0.1, 0.15) is 72.1 Å². The third-order valence-electron chi connectivity index (χ3n) is 8.95. The quantitative estimate of drug-likeness (QED) is 0.710. The highest BCUT2D eigenvalue weighted by molar-refractivity contribution is 5.10. The van der Waals surface area contributed by atoms with Crippen LogP contribution in [-0.2, 0) is 0 Å². The van der Waals surface area contributed by atoms with Gasteiger partial charge in [-0.1, -0.05) is 20.8 Å². The Hall–Kier alpha value is -0.0800. The lowest BCUT2D eigenvalue weighted by Crippen LogP contribution is -2.56. The fourth-order valence-electron chi connectivity index (χ4n) is 7.69. The van der Waals surface area contributed by atoms with Crippen molar-refractivity contribution in [2.24, 2.45) is 40.4 Å². The third-order valence-corrected chi connectivity index (χ3v) is 8.95. The van der Waals surface area contributed by atoms with E-state index < -0.39 is 0 Å². The molecule has 0 aromatic rings. The minimum atomic E-state index is -0.0625. The number of aliphatic hydroxyl groups is 2. The van der Waals surface area contributed by atoms with Gasteiger partial charge >= 0.3 is 0 Å². The average Bonchev–Trinajstić information content (AvgIpc) is 2.77. The van der Waals surface area contributed by atoms with Crippen LogP contribution < -0.4 is 0 Å². The highest BCUT2D eigenvalue weighted by Gasteiger charge is 2.61. The average molecular weight is 306 g/mol. The smallest absolute Gasteiger partial charge is 0.0596 e. The Morgan fingerprint density at radius 1 is 0.773 bits per heavy atom. The Balaban J connectivity index is 1.66. The van der Waals surface area contributed by atoms with Crippen molar-refractivity contribution in [1.82, 2.24) is 0 Å². The summed E-state index contributed by atoms with van der Waals surface area (Å²) < 4.78 is 0. The molecule has 0 unspecified atom stereocenters. The molecule has 0 aromatic heterocycles. The predicted molar refractivity (Wildman–Crippen MR) is 88.3 cm³/mol. The molecule has 0 aliphatic heterocycles. The van der Waals surface area contributed by atoms with Crippen LogP contribution in [0.3, 0.4) is 0 Å². The normalized spacial score (nSPS) is 61.2. The van der Waals surface area contributed by atoms with Crippen molar-refractivity contribution in [1.29, 1.82) is 0 Å². The molecule has 126 valence electrons. The first-order chi connectivity index (χ1) is 10.4. The number of fused-ring (bicyclic) bond motifs is 5.